The molecule has 1 heterocycles. The zero-order chi connectivity index (χ0) is 23.1. The van der Waals surface area contributed by atoms with Crippen molar-refractivity contribution in [2.75, 3.05) is 5.32 Å². The first-order valence-corrected chi connectivity index (χ1v) is 10.8. The van der Waals surface area contributed by atoms with Gasteiger partial charge in [0.05, 0.1) is 17.6 Å². The van der Waals surface area contributed by atoms with E-state index >= 15 is 0 Å². The van der Waals surface area contributed by atoms with E-state index in [4.69, 9.17) is 4.98 Å². The normalized spacial score (nSPS) is 21.0. The first-order chi connectivity index (χ1) is 15.0. The van der Waals surface area contributed by atoms with Crippen molar-refractivity contribution >= 4 is 22.7 Å². The number of rotatable bonds is 5. The van der Waals surface area contributed by atoms with E-state index in [-0.39, 0.29) is 23.8 Å². The molecule has 172 valence electrons. The lowest BCUT2D eigenvalue weighted by Gasteiger charge is -2.40. The third-order valence-corrected chi connectivity index (χ3v) is 6.01. The fourth-order valence-electron chi connectivity index (χ4n) is 5.06. The van der Waals surface area contributed by atoms with E-state index in [2.05, 4.69) is 35.4 Å². The van der Waals surface area contributed by atoms with Crippen LogP contribution in [0.2, 0.25) is 0 Å². The van der Waals surface area contributed by atoms with Crippen molar-refractivity contribution in [1.82, 2.24) is 9.55 Å². The zero-order valence-corrected chi connectivity index (χ0v) is 18.4. The second-order valence-electron chi connectivity index (χ2n) is 9.55. The minimum absolute atomic E-state index is 0.0697. The van der Waals surface area contributed by atoms with Gasteiger partial charge < -0.3 is 19.7 Å². The van der Waals surface area contributed by atoms with E-state index in [0.29, 0.717) is 17.6 Å². The molecule has 0 unspecified atom stereocenters. The molecule has 0 bridgehead atoms. The van der Waals surface area contributed by atoms with Crippen LogP contribution in [0.5, 0.6) is 5.75 Å². The van der Waals surface area contributed by atoms with Gasteiger partial charge in [-0.15, -0.1) is 13.2 Å². The highest BCUT2D eigenvalue weighted by Gasteiger charge is 2.35. The summed E-state index contributed by atoms with van der Waals surface area (Å²) >= 11 is 0. The zero-order valence-electron chi connectivity index (χ0n) is 18.4. The van der Waals surface area contributed by atoms with Crippen molar-refractivity contribution < 1.29 is 23.0 Å². The number of ether oxygens (including phenoxy) is 1. The van der Waals surface area contributed by atoms with Gasteiger partial charge in [-0.05, 0) is 72.6 Å². The summed E-state index contributed by atoms with van der Waals surface area (Å²) in [7, 11) is 0. The molecule has 2 N–H and O–H groups in total. The summed E-state index contributed by atoms with van der Waals surface area (Å²) in [5.74, 6) is 0.922. The van der Waals surface area contributed by atoms with Crippen LogP contribution in [0.3, 0.4) is 0 Å². The highest BCUT2D eigenvalue weighted by Crippen LogP contribution is 2.46. The molecule has 0 amide bonds. The number of hydrogen-bond acceptors (Lipinski definition) is 4. The Hall–Kier alpha value is -2.74. The molecule has 0 spiro atoms. The predicted molar refractivity (Wildman–Crippen MR) is 118 cm³/mol. The lowest BCUT2D eigenvalue weighted by molar-refractivity contribution is -0.274. The molecule has 5 nitrogen and oxygen atoms in total. The molecule has 8 heteroatoms. The number of fused-ring (bicyclic) bond motifs is 1. The van der Waals surface area contributed by atoms with Gasteiger partial charge in [0.2, 0.25) is 5.95 Å². The molecule has 0 aliphatic heterocycles. The minimum atomic E-state index is -4.72. The topological polar surface area (TPSA) is 59.3 Å². The fraction of sp³-hybridized carbons (Fsp3) is 0.458. The van der Waals surface area contributed by atoms with E-state index < -0.39 is 6.36 Å². The van der Waals surface area contributed by atoms with Crippen LogP contribution >= 0.6 is 0 Å². The van der Waals surface area contributed by atoms with Gasteiger partial charge in [0.1, 0.15) is 5.75 Å². The number of hydrogen-bond donors (Lipinski definition) is 2. The Morgan fingerprint density at radius 1 is 1.16 bits per heavy atom. The molecule has 32 heavy (non-hydrogen) atoms. The van der Waals surface area contributed by atoms with Crippen LogP contribution in [0.15, 0.2) is 42.5 Å². The van der Waals surface area contributed by atoms with Crippen molar-refractivity contribution in [3.8, 4) is 5.75 Å². The second kappa shape index (κ2) is 8.31. The Balaban J connectivity index is 1.71. The monoisotopic (exact) mass is 447 g/mol. The largest absolute Gasteiger partial charge is 0.573 e. The SMILES string of the molecule is C[C@@H]1C[C@H](n2c(Nc3ccc(OC(F)(F)F)cc3)nc3cc(CO)ccc32)CC(C)(C)C1. The van der Waals surface area contributed by atoms with Crippen LogP contribution in [0, 0.1) is 11.3 Å². The fourth-order valence-corrected chi connectivity index (χ4v) is 5.06. The molecule has 1 aromatic heterocycles. The van der Waals surface area contributed by atoms with Crippen LogP contribution in [0.4, 0.5) is 24.8 Å². The van der Waals surface area contributed by atoms with Gasteiger partial charge in [0.15, 0.2) is 0 Å². The van der Waals surface area contributed by atoms with Crippen molar-refractivity contribution in [1.29, 1.82) is 0 Å². The number of halogens is 3. The van der Waals surface area contributed by atoms with Gasteiger partial charge in [-0.2, -0.15) is 0 Å². The maximum atomic E-state index is 12.5. The summed E-state index contributed by atoms with van der Waals surface area (Å²) in [4.78, 5) is 4.78. The number of aliphatic hydroxyl groups is 1. The minimum Gasteiger partial charge on any atom is -0.406 e. The van der Waals surface area contributed by atoms with Crippen LogP contribution in [0.1, 0.15) is 51.6 Å². The second-order valence-corrected chi connectivity index (χ2v) is 9.55. The molecular formula is C24H28F3N3O2. The molecule has 0 radical (unpaired) electrons. The molecule has 1 aliphatic rings. The van der Waals surface area contributed by atoms with Crippen LogP contribution in [-0.4, -0.2) is 21.0 Å². The molecule has 1 fully saturated rings. The van der Waals surface area contributed by atoms with E-state index in [1.165, 1.54) is 24.3 Å². The predicted octanol–water partition coefficient (Wildman–Crippen LogP) is 6.56. The van der Waals surface area contributed by atoms with Crippen LogP contribution in [-0.2, 0) is 6.61 Å². The third-order valence-electron chi connectivity index (χ3n) is 6.01. The van der Waals surface area contributed by atoms with Crippen molar-refractivity contribution in [3.05, 3.63) is 48.0 Å². The quantitative estimate of drug-likeness (QED) is 0.465. The maximum absolute atomic E-state index is 12.5. The molecule has 1 saturated carbocycles. The van der Waals surface area contributed by atoms with Gasteiger partial charge in [-0.3, -0.25) is 0 Å². The number of imidazole rings is 1. The van der Waals surface area contributed by atoms with Gasteiger partial charge in [0, 0.05) is 11.7 Å². The number of anilines is 2. The van der Waals surface area contributed by atoms with Gasteiger partial charge >= 0.3 is 6.36 Å². The number of benzene rings is 2. The number of aliphatic hydroxyl groups excluding tert-OH is 1. The number of alkyl halides is 3. The Morgan fingerprint density at radius 2 is 1.88 bits per heavy atom. The van der Waals surface area contributed by atoms with E-state index in [9.17, 15) is 18.3 Å². The van der Waals surface area contributed by atoms with Crippen LogP contribution < -0.4 is 10.1 Å². The Bertz CT molecular complexity index is 1090. The summed E-state index contributed by atoms with van der Waals surface area (Å²) in [6.07, 6.45) is -1.55. The molecular weight excluding hydrogens is 419 g/mol. The van der Waals surface area contributed by atoms with Gasteiger partial charge in [-0.25, -0.2) is 4.98 Å². The van der Waals surface area contributed by atoms with Crippen LogP contribution in [0.25, 0.3) is 11.0 Å². The summed E-state index contributed by atoms with van der Waals surface area (Å²) in [6, 6.07) is 11.6. The molecule has 2 atom stereocenters. The lowest BCUT2D eigenvalue weighted by Crippen LogP contribution is -2.29. The Labute approximate surface area is 185 Å². The van der Waals surface area contributed by atoms with Crippen molar-refractivity contribution in [2.45, 2.75) is 59.0 Å². The summed E-state index contributed by atoms with van der Waals surface area (Å²) in [5, 5.41) is 12.8. The molecule has 2 aromatic carbocycles. The number of nitrogens with one attached hydrogen (secondary N) is 1. The lowest BCUT2D eigenvalue weighted by atomic mass is 9.70. The number of aromatic nitrogens is 2. The summed E-state index contributed by atoms with van der Waals surface area (Å²) < 4.78 is 43.5. The average molecular weight is 448 g/mol. The smallest absolute Gasteiger partial charge is 0.406 e. The third kappa shape index (κ3) is 5.01. The van der Waals surface area contributed by atoms with Crippen molar-refractivity contribution in [3.63, 3.8) is 0 Å². The molecule has 3 aromatic rings. The highest BCUT2D eigenvalue weighted by molar-refractivity contribution is 5.80. The maximum Gasteiger partial charge on any atom is 0.573 e. The van der Waals surface area contributed by atoms with Gasteiger partial charge in [-0.1, -0.05) is 26.8 Å². The molecule has 0 saturated heterocycles. The van der Waals surface area contributed by atoms with E-state index in [1.807, 2.05) is 18.2 Å². The van der Waals surface area contributed by atoms with Crippen molar-refractivity contribution in [2.24, 2.45) is 11.3 Å². The molecule has 1 aliphatic carbocycles. The van der Waals surface area contributed by atoms with E-state index in [1.54, 1.807) is 0 Å². The number of nitrogens with zero attached hydrogens (tertiary/aromatic N) is 2. The van der Waals surface area contributed by atoms with E-state index in [0.717, 1.165) is 35.9 Å². The summed E-state index contributed by atoms with van der Waals surface area (Å²) in [5.41, 5.74) is 3.32. The Morgan fingerprint density at radius 3 is 2.50 bits per heavy atom. The standard InChI is InChI=1S/C24H28F3N3O2/c1-15-10-18(13-23(2,3)12-15)30-21-9-4-16(14-31)11-20(21)29-22(30)28-17-5-7-19(8-6-17)32-24(25,26)27/h4-9,11,15,18,31H,10,12-14H2,1-3H3,(H,28,29)/t15-,18+/m1/s1. The van der Waals surface area contributed by atoms with Gasteiger partial charge in [0.25, 0.3) is 0 Å². The average Bonchev–Trinajstić information content (AvgIpc) is 3.03. The highest BCUT2D eigenvalue weighted by atomic mass is 19.4. The molecule has 4 rings (SSSR count). The Kier molecular flexibility index (Phi) is 5.83. The first kappa shape index (κ1) is 22.5. The first-order valence-electron chi connectivity index (χ1n) is 10.8. The summed E-state index contributed by atoms with van der Waals surface area (Å²) in [6.45, 7) is 6.76.